The Labute approximate surface area is 120 Å². The highest BCUT2D eigenvalue weighted by Crippen LogP contribution is 2.15. The molecule has 6 heteroatoms. The molecule has 0 amide bonds. The Morgan fingerprint density at radius 2 is 2.00 bits per heavy atom. The molecule has 1 N–H and O–H groups in total. The van der Waals surface area contributed by atoms with Gasteiger partial charge in [-0.1, -0.05) is 11.6 Å². The lowest BCUT2D eigenvalue weighted by Gasteiger charge is -2.27. The van der Waals surface area contributed by atoms with Gasteiger partial charge >= 0.3 is 0 Å². The molecule has 1 aliphatic heterocycles. The van der Waals surface area contributed by atoms with E-state index in [4.69, 9.17) is 11.6 Å². The maximum atomic E-state index is 6.00. The molecule has 0 unspecified atom stereocenters. The SMILES string of the molecule is CN(Cc1nccnc1Cl)CC1CCNCC1.Cl. The van der Waals surface area contributed by atoms with Crippen LogP contribution in [0, 0.1) is 5.92 Å². The Kier molecular flexibility index (Phi) is 6.86. The summed E-state index contributed by atoms with van der Waals surface area (Å²) < 4.78 is 0. The Balaban J connectivity index is 0.00000162. The Morgan fingerprint density at radius 1 is 1.33 bits per heavy atom. The summed E-state index contributed by atoms with van der Waals surface area (Å²) in [5.41, 5.74) is 0.866. The molecule has 2 rings (SSSR count). The van der Waals surface area contributed by atoms with Crippen LogP contribution < -0.4 is 5.32 Å². The molecule has 2 heterocycles. The predicted molar refractivity (Wildman–Crippen MR) is 76.2 cm³/mol. The summed E-state index contributed by atoms with van der Waals surface area (Å²) in [5, 5.41) is 3.90. The van der Waals surface area contributed by atoms with Crippen LogP contribution in [-0.2, 0) is 6.54 Å². The third-order valence-electron chi connectivity index (χ3n) is 3.17. The fourth-order valence-corrected chi connectivity index (χ4v) is 2.45. The molecule has 1 fully saturated rings. The van der Waals surface area contributed by atoms with Gasteiger partial charge in [-0.15, -0.1) is 12.4 Å². The second-order valence-electron chi connectivity index (χ2n) is 4.68. The first-order valence-corrected chi connectivity index (χ1v) is 6.48. The lowest BCUT2D eigenvalue weighted by molar-refractivity contribution is 0.232. The van der Waals surface area contributed by atoms with Gasteiger partial charge in [0.2, 0.25) is 0 Å². The second-order valence-corrected chi connectivity index (χ2v) is 5.04. The smallest absolute Gasteiger partial charge is 0.151 e. The Morgan fingerprint density at radius 3 is 2.67 bits per heavy atom. The number of nitrogens with one attached hydrogen (secondary N) is 1. The minimum Gasteiger partial charge on any atom is -0.317 e. The quantitative estimate of drug-likeness (QED) is 0.921. The van der Waals surface area contributed by atoms with Crippen molar-refractivity contribution in [1.82, 2.24) is 20.2 Å². The van der Waals surface area contributed by atoms with Crippen LogP contribution in [0.25, 0.3) is 0 Å². The van der Waals surface area contributed by atoms with E-state index >= 15 is 0 Å². The molecule has 1 aromatic heterocycles. The van der Waals surface area contributed by atoms with Gasteiger partial charge in [0.15, 0.2) is 5.15 Å². The van der Waals surface area contributed by atoms with E-state index < -0.39 is 0 Å². The molecule has 0 atom stereocenters. The highest BCUT2D eigenvalue weighted by molar-refractivity contribution is 6.29. The third kappa shape index (κ3) is 4.69. The first-order valence-electron chi connectivity index (χ1n) is 6.10. The molecule has 1 aromatic rings. The van der Waals surface area contributed by atoms with Gasteiger partial charge in [-0.25, -0.2) is 4.98 Å². The van der Waals surface area contributed by atoms with E-state index in [2.05, 4.69) is 27.2 Å². The molecule has 1 saturated heterocycles. The molecule has 102 valence electrons. The lowest BCUT2D eigenvalue weighted by atomic mass is 9.98. The number of piperidine rings is 1. The van der Waals surface area contributed by atoms with E-state index in [9.17, 15) is 0 Å². The third-order valence-corrected chi connectivity index (χ3v) is 3.49. The van der Waals surface area contributed by atoms with E-state index in [1.165, 1.54) is 12.8 Å². The van der Waals surface area contributed by atoms with Crippen LogP contribution in [0.4, 0.5) is 0 Å². The van der Waals surface area contributed by atoms with Crippen LogP contribution in [0.3, 0.4) is 0 Å². The van der Waals surface area contributed by atoms with Crippen molar-refractivity contribution in [3.63, 3.8) is 0 Å². The van der Waals surface area contributed by atoms with Crippen molar-refractivity contribution >= 4 is 24.0 Å². The van der Waals surface area contributed by atoms with Crippen LogP contribution in [0.1, 0.15) is 18.5 Å². The first-order chi connectivity index (χ1) is 8.25. The summed E-state index contributed by atoms with van der Waals surface area (Å²) in [6.45, 7) is 4.17. The topological polar surface area (TPSA) is 41.1 Å². The van der Waals surface area contributed by atoms with E-state index in [1.807, 2.05) is 0 Å². The predicted octanol–water partition coefficient (Wildman–Crippen LogP) is 1.98. The van der Waals surface area contributed by atoms with Crippen molar-refractivity contribution < 1.29 is 0 Å². The monoisotopic (exact) mass is 290 g/mol. The van der Waals surface area contributed by atoms with Crippen LogP contribution in [0.2, 0.25) is 5.15 Å². The highest BCUT2D eigenvalue weighted by atomic mass is 35.5. The van der Waals surface area contributed by atoms with E-state index in [0.29, 0.717) is 5.15 Å². The standard InChI is InChI=1S/C12H19ClN4.ClH/c1-17(8-10-2-4-14-5-3-10)9-11-12(13)16-7-6-15-11;/h6-7,10,14H,2-5,8-9H2,1H3;1H. The molecular weight excluding hydrogens is 271 g/mol. The van der Waals surface area contributed by atoms with Gasteiger partial charge in [0.1, 0.15) is 0 Å². The highest BCUT2D eigenvalue weighted by Gasteiger charge is 2.16. The Hall–Kier alpha value is -0.420. The van der Waals surface area contributed by atoms with Gasteiger partial charge in [-0.05, 0) is 38.9 Å². The van der Waals surface area contributed by atoms with Gasteiger partial charge in [-0.2, -0.15) is 0 Å². The zero-order valence-electron chi connectivity index (χ0n) is 10.6. The van der Waals surface area contributed by atoms with Crippen molar-refractivity contribution in [3.8, 4) is 0 Å². The number of hydrogen-bond acceptors (Lipinski definition) is 4. The zero-order chi connectivity index (χ0) is 12.1. The summed E-state index contributed by atoms with van der Waals surface area (Å²) in [6, 6.07) is 0. The van der Waals surface area contributed by atoms with Gasteiger partial charge < -0.3 is 10.2 Å². The maximum Gasteiger partial charge on any atom is 0.151 e. The zero-order valence-corrected chi connectivity index (χ0v) is 12.2. The molecule has 4 nitrogen and oxygen atoms in total. The van der Waals surface area contributed by atoms with E-state index in [1.54, 1.807) is 12.4 Å². The lowest BCUT2D eigenvalue weighted by Crippen LogP contribution is -2.34. The minimum atomic E-state index is 0. The number of hydrogen-bond donors (Lipinski definition) is 1. The van der Waals surface area contributed by atoms with Gasteiger partial charge in [0.05, 0.1) is 5.69 Å². The normalized spacial score (nSPS) is 16.6. The Bertz CT molecular complexity index is 356. The summed E-state index contributed by atoms with van der Waals surface area (Å²) in [6.07, 6.45) is 5.84. The van der Waals surface area contributed by atoms with E-state index in [0.717, 1.165) is 37.8 Å². The van der Waals surface area contributed by atoms with Crippen molar-refractivity contribution in [1.29, 1.82) is 0 Å². The van der Waals surface area contributed by atoms with Gasteiger partial charge in [-0.3, -0.25) is 4.98 Å². The van der Waals surface area contributed by atoms with Crippen LogP contribution in [0.15, 0.2) is 12.4 Å². The number of halogens is 2. The van der Waals surface area contributed by atoms with Crippen LogP contribution in [0.5, 0.6) is 0 Å². The molecule has 0 radical (unpaired) electrons. The summed E-state index contributed by atoms with van der Waals surface area (Å²) in [4.78, 5) is 10.6. The molecule has 0 saturated carbocycles. The molecule has 0 spiro atoms. The number of aromatic nitrogens is 2. The minimum absolute atomic E-state index is 0. The average molecular weight is 291 g/mol. The van der Waals surface area contributed by atoms with Crippen LogP contribution in [-0.4, -0.2) is 41.5 Å². The average Bonchev–Trinajstić information content (AvgIpc) is 2.33. The largest absolute Gasteiger partial charge is 0.317 e. The number of rotatable bonds is 4. The van der Waals surface area contributed by atoms with Crippen molar-refractivity contribution in [2.75, 3.05) is 26.7 Å². The van der Waals surface area contributed by atoms with Crippen molar-refractivity contribution in [3.05, 3.63) is 23.2 Å². The first kappa shape index (κ1) is 15.6. The fourth-order valence-electron chi connectivity index (χ4n) is 2.28. The molecule has 0 aliphatic carbocycles. The molecular formula is C12H20Cl2N4. The molecule has 0 aromatic carbocycles. The molecule has 0 bridgehead atoms. The maximum absolute atomic E-state index is 6.00. The molecule has 18 heavy (non-hydrogen) atoms. The van der Waals surface area contributed by atoms with Gasteiger partial charge in [0, 0.05) is 25.5 Å². The fraction of sp³-hybridized carbons (Fsp3) is 0.667. The summed E-state index contributed by atoms with van der Waals surface area (Å²) in [7, 11) is 2.12. The van der Waals surface area contributed by atoms with E-state index in [-0.39, 0.29) is 12.4 Å². The van der Waals surface area contributed by atoms with Crippen molar-refractivity contribution in [2.45, 2.75) is 19.4 Å². The summed E-state index contributed by atoms with van der Waals surface area (Å²) in [5.74, 6) is 0.789. The van der Waals surface area contributed by atoms with Crippen LogP contribution >= 0.6 is 24.0 Å². The van der Waals surface area contributed by atoms with Gasteiger partial charge in [0.25, 0.3) is 0 Å². The number of nitrogens with zero attached hydrogens (tertiary/aromatic N) is 3. The second kappa shape index (κ2) is 7.89. The molecule has 1 aliphatic rings. The summed E-state index contributed by atoms with van der Waals surface area (Å²) >= 11 is 6.00. The van der Waals surface area contributed by atoms with Crippen molar-refractivity contribution in [2.24, 2.45) is 5.92 Å².